The number of aliphatic hydroxyl groups excluding tert-OH is 1. The van der Waals surface area contributed by atoms with Crippen LogP contribution in [0, 0.1) is 0 Å². The zero-order chi connectivity index (χ0) is 18.1. The number of anilines is 1. The van der Waals surface area contributed by atoms with E-state index in [0.29, 0.717) is 30.2 Å². The summed E-state index contributed by atoms with van der Waals surface area (Å²) in [6, 6.07) is 8.38. The van der Waals surface area contributed by atoms with Gasteiger partial charge in [0.1, 0.15) is 0 Å². The molecule has 0 saturated carbocycles. The van der Waals surface area contributed by atoms with E-state index in [2.05, 4.69) is 15.0 Å². The molecule has 8 nitrogen and oxygen atoms in total. The molecular formula is C18H18N4O4. The number of rotatable bonds is 4. The Hall–Kier alpha value is -2.97. The Labute approximate surface area is 149 Å². The molecule has 4 rings (SSSR count). The molecule has 1 fully saturated rings. The normalized spacial score (nSPS) is 14.7. The van der Waals surface area contributed by atoms with E-state index in [-0.39, 0.29) is 12.2 Å². The Kier molecular flexibility index (Phi) is 4.27. The van der Waals surface area contributed by atoms with Gasteiger partial charge in [-0.05, 0) is 18.2 Å². The number of aliphatic hydroxyl groups is 1. The molecule has 0 amide bonds. The number of hydrogen-bond acceptors (Lipinski definition) is 6. The maximum Gasteiger partial charge on any atom is 0.335 e. The fourth-order valence-corrected chi connectivity index (χ4v) is 3.20. The fraction of sp³-hybridized carbons (Fsp3) is 0.278. The van der Waals surface area contributed by atoms with Gasteiger partial charge in [0.15, 0.2) is 5.65 Å². The monoisotopic (exact) mass is 354 g/mol. The standard InChI is InChI=1S/C18H18N4O4/c23-11-14-16(12-1-3-13(4-2-12)18(24)25)22-17(20-14)15(5-6-19-22)21-7-9-26-10-8-21/h1-6,23H,7-11H2,(H,24,25). The predicted molar refractivity (Wildman–Crippen MR) is 94.3 cm³/mol. The van der Waals surface area contributed by atoms with Gasteiger partial charge in [-0.2, -0.15) is 5.10 Å². The van der Waals surface area contributed by atoms with Crippen molar-refractivity contribution in [2.24, 2.45) is 0 Å². The van der Waals surface area contributed by atoms with Gasteiger partial charge in [0.2, 0.25) is 0 Å². The number of aromatic carboxylic acids is 1. The lowest BCUT2D eigenvalue weighted by Crippen LogP contribution is -2.36. The van der Waals surface area contributed by atoms with Gasteiger partial charge in [0, 0.05) is 18.7 Å². The first kappa shape index (κ1) is 16.5. The molecule has 1 aromatic carbocycles. The highest BCUT2D eigenvalue weighted by atomic mass is 16.5. The van der Waals surface area contributed by atoms with Gasteiger partial charge in [-0.25, -0.2) is 14.3 Å². The number of morpholine rings is 1. The first-order valence-corrected chi connectivity index (χ1v) is 8.33. The Bertz CT molecular complexity index is 946. The van der Waals surface area contributed by atoms with Crippen LogP contribution in [-0.2, 0) is 11.3 Å². The molecule has 1 aliphatic rings. The minimum Gasteiger partial charge on any atom is -0.478 e. The maximum atomic E-state index is 11.1. The second kappa shape index (κ2) is 6.74. The molecule has 0 bridgehead atoms. The van der Waals surface area contributed by atoms with Gasteiger partial charge in [0.05, 0.1) is 48.7 Å². The number of carboxylic acids is 1. The van der Waals surface area contributed by atoms with Crippen molar-refractivity contribution in [2.75, 3.05) is 31.2 Å². The molecule has 2 aromatic heterocycles. The predicted octanol–water partition coefficient (Wildman–Crippen LogP) is 1.42. The van der Waals surface area contributed by atoms with E-state index < -0.39 is 5.97 Å². The van der Waals surface area contributed by atoms with E-state index in [1.165, 1.54) is 12.1 Å². The molecule has 26 heavy (non-hydrogen) atoms. The molecule has 0 atom stereocenters. The summed E-state index contributed by atoms with van der Waals surface area (Å²) in [6.45, 7) is 2.62. The van der Waals surface area contributed by atoms with E-state index in [1.807, 2.05) is 6.07 Å². The molecule has 2 N–H and O–H groups in total. The summed E-state index contributed by atoms with van der Waals surface area (Å²) in [6.07, 6.45) is 1.70. The quantitative estimate of drug-likeness (QED) is 0.731. The van der Waals surface area contributed by atoms with Crippen molar-refractivity contribution in [3.8, 4) is 11.3 Å². The van der Waals surface area contributed by atoms with Crippen molar-refractivity contribution in [3.05, 3.63) is 47.8 Å². The van der Waals surface area contributed by atoms with Crippen LogP contribution in [0.25, 0.3) is 16.9 Å². The van der Waals surface area contributed by atoms with E-state index in [1.54, 1.807) is 22.8 Å². The maximum absolute atomic E-state index is 11.1. The summed E-state index contributed by atoms with van der Waals surface area (Å²) >= 11 is 0. The second-order valence-electron chi connectivity index (χ2n) is 6.00. The summed E-state index contributed by atoms with van der Waals surface area (Å²) < 4.78 is 7.11. The first-order chi connectivity index (χ1) is 12.7. The third kappa shape index (κ3) is 2.79. The van der Waals surface area contributed by atoms with Crippen LogP contribution in [0.15, 0.2) is 36.5 Å². The molecule has 0 radical (unpaired) electrons. The lowest BCUT2D eigenvalue weighted by Gasteiger charge is -2.28. The molecule has 1 saturated heterocycles. The van der Waals surface area contributed by atoms with E-state index in [9.17, 15) is 9.90 Å². The highest BCUT2D eigenvalue weighted by Crippen LogP contribution is 2.29. The summed E-state index contributed by atoms with van der Waals surface area (Å²) in [7, 11) is 0. The van der Waals surface area contributed by atoms with Crippen LogP contribution in [0.1, 0.15) is 16.1 Å². The SMILES string of the molecule is O=C(O)c1ccc(-c2c(CO)nc3c(N4CCOCC4)ccnn23)cc1. The topological polar surface area (TPSA) is 100 Å². The number of hydrogen-bond donors (Lipinski definition) is 2. The smallest absolute Gasteiger partial charge is 0.335 e. The fourth-order valence-electron chi connectivity index (χ4n) is 3.20. The van der Waals surface area contributed by atoms with Crippen molar-refractivity contribution < 1.29 is 19.7 Å². The number of carboxylic acid groups (broad SMARTS) is 1. The Balaban J connectivity index is 1.85. The number of imidazole rings is 1. The first-order valence-electron chi connectivity index (χ1n) is 8.33. The van der Waals surface area contributed by atoms with Gasteiger partial charge < -0.3 is 19.8 Å². The summed E-state index contributed by atoms with van der Waals surface area (Å²) in [4.78, 5) is 17.8. The van der Waals surface area contributed by atoms with Crippen molar-refractivity contribution >= 4 is 17.3 Å². The van der Waals surface area contributed by atoms with Gasteiger partial charge in [-0.3, -0.25) is 0 Å². The Morgan fingerprint density at radius 1 is 1.15 bits per heavy atom. The highest BCUT2D eigenvalue weighted by molar-refractivity contribution is 5.88. The minimum atomic E-state index is -0.982. The molecule has 3 aromatic rings. The second-order valence-corrected chi connectivity index (χ2v) is 6.00. The van der Waals surface area contributed by atoms with Crippen LogP contribution >= 0.6 is 0 Å². The van der Waals surface area contributed by atoms with E-state index in [0.717, 1.165) is 24.3 Å². The van der Waals surface area contributed by atoms with Crippen LogP contribution in [0.5, 0.6) is 0 Å². The van der Waals surface area contributed by atoms with Gasteiger partial charge in [-0.15, -0.1) is 0 Å². The molecule has 1 aliphatic heterocycles. The Morgan fingerprint density at radius 2 is 1.88 bits per heavy atom. The Morgan fingerprint density at radius 3 is 2.54 bits per heavy atom. The zero-order valence-electron chi connectivity index (χ0n) is 14.0. The van der Waals surface area contributed by atoms with Crippen molar-refractivity contribution in [1.82, 2.24) is 14.6 Å². The lowest BCUT2D eigenvalue weighted by atomic mass is 10.1. The highest BCUT2D eigenvalue weighted by Gasteiger charge is 2.21. The molecular weight excluding hydrogens is 336 g/mol. The number of fused-ring (bicyclic) bond motifs is 1. The van der Waals surface area contributed by atoms with Gasteiger partial charge >= 0.3 is 5.97 Å². The summed E-state index contributed by atoms with van der Waals surface area (Å²) in [5.41, 5.74) is 3.71. The van der Waals surface area contributed by atoms with Gasteiger partial charge in [-0.1, -0.05) is 12.1 Å². The molecule has 0 aliphatic carbocycles. The molecule has 0 unspecified atom stereocenters. The van der Waals surface area contributed by atoms with Crippen molar-refractivity contribution in [1.29, 1.82) is 0 Å². The number of nitrogens with zero attached hydrogens (tertiary/aromatic N) is 4. The van der Waals surface area contributed by atoms with Crippen molar-refractivity contribution in [2.45, 2.75) is 6.61 Å². The van der Waals surface area contributed by atoms with Gasteiger partial charge in [0.25, 0.3) is 0 Å². The summed E-state index contributed by atoms with van der Waals surface area (Å²) in [5, 5.41) is 23.3. The summed E-state index contributed by atoms with van der Waals surface area (Å²) in [5.74, 6) is -0.982. The minimum absolute atomic E-state index is 0.204. The molecule has 134 valence electrons. The number of aromatic nitrogens is 3. The lowest BCUT2D eigenvalue weighted by molar-refractivity contribution is 0.0697. The average molecular weight is 354 g/mol. The molecule has 8 heteroatoms. The average Bonchev–Trinajstić information content (AvgIpc) is 3.07. The number of carbonyl (C=O) groups is 1. The van der Waals surface area contributed by atoms with Crippen molar-refractivity contribution in [3.63, 3.8) is 0 Å². The van der Waals surface area contributed by atoms with Crippen LogP contribution in [0.3, 0.4) is 0 Å². The zero-order valence-corrected chi connectivity index (χ0v) is 14.0. The largest absolute Gasteiger partial charge is 0.478 e. The van der Waals surface area contributed by atoms with Crippen LogP contribution in [-0.4, -0.2) is 57.1 Å². The number of ether oxygens (including phenoxy) is 1. The molecule has 3 heterocycles. The van der Waals surface area contributed by atoms with Crippen LogP contribution in [0.4, 0.5) is 5.69 Å². The number of benzene rings is 1. The van der Waals surface area contributed by atoms with Crippen LogP contribution < -0.4 is 4.90 Å². The molecule has 0 spiro atoms. The van der Waals surface area contributed by atoms with E-state index in [4.69, 9.17) is 9.84 Å². The van der Waals surface area contributed by atoms with Crippen LogP contribution in [0.2, 0.25) is 0 Å². The third-order valence-electron chi connectivity index (χ3n) is 4.48. The third-order valence-corrected chi connectivity index (χ3v) is 4.48. The van der Waals surface area contributed by atoms with E-state index >= 15 is 0 Å².